The van der Waals surface area contributed by atoms with Crippen LogP contribution in [0.4, 0.5) is 4.79 Å². The van der Waals surface area contributed by atoms with Crippen molar-refractivity contribution in [3.8, 4) is 5.75 Å². The van der Waals surface area contributed by atoms with Crippen molar-refractivity contribution in [3.05, 3.63) is 41.7 Å². The number of aliphatic carboxylic acids is 1. The molecular formula is C29H34N4O12S3. The van der Waals surface area contributed by atoms with E-state index >= 15 is 0 Å². The van der Waals surface area contributed by atoms with Gasteiger partial charge in [-0.1, -0.05) is 33.7 Å². The smallest absolute Gasteiger partial charge is 0.508 e. The summed E-state index contributed by atoms with van der Waals surface area (Å²) < 4.78 is 20.1. The lowest BCUT2D eigenvalue weighted by Gasteiger charge is -2.44. The van der Waals surface area contributed by atoms with Crippen molar-refractivity contribution in [3.63, 3.8) is 0 Å². The van der Waals surface area contributed by atoms with Crippen molar-refractivity contribution in [2.45, 2.75) is 60.8 Å². The van der Waals surface area contributed by atoms with Crippen molar-refractivity contribution in [1.82, 2.24) is 15.1 Å². The fourth-order valence-electron chi connectivity index (χ4n) is 5.54. The average molecular weight is 727 g/mol. The first kappa shape index (κ1) is 35.5. The first-order chi connectivity index (χ1) is 22.8. The number of rotatable bonds is 14. The zero-order valence-electron chi connectivity index (χ0n) is 25.8. The predicted octanol–water partition coefficient (Wildman–Crippen LogP) is 0.943. The van der Waals surface area contributed by atoms with Gasteiger partial charge in [-0.3, -0.25) is 19.3 Å². The standard InChI is InChI=1S/C29H34N4O12S3/c1-29(2)22(33-24(37)20(25(33)48-29)31-23(36)19(30)14-3-5-15(34)6-4-14)27(40)42-9-11-46-47-12-10-44-28(41)43-8-7-16-21(26(38)39)32-17(35)13-18(32)45-16/h3-7,18-22,25,34H,8-13,30H2,1-2H3,(H,31,36)(H,38,39)/t18-,19?,20+,21-,22?,25+/m0/s1. The molecule has 5 N–H and O–H groups in total. The zero-order chi connectivity index (χ0) is 34.7. The van der Waals surface area contributed by atoms with Crippen LogP contribution in [0.3, 0.4) is 0 Å². The summed E-state index contributed by atoms with van der Waals surface area (Å²) in [5.41, 5.74) is 6.52. The summed E-state index contributed by atoms with van der Waals surface area (Å²) in [7, 11) is 2.77. The molecule has 5 rings (SSSR count). The van der Waals surface area contributed by atoms with Gasteiger partial charge in [0.05, 0.1) is 6.42 Å². The summed E-state index contributed by atoms with van der Waals surface area (Å²) in [4.78, 5) is 76.3. The Bertz CT molecular complexity index is 1490. The van der Waals surface area contributed by atoms with Crippen LogP contribution in [0.15, 0.2) is 36.1 Å². The number of fused-ring (bicyclic) bond motifs is 2. The van der Waals surface area contributed by atoms with Crippen LogP contribution >= 0.6 is 33.3 Å². The molecule has 48 heavy (non-hydrogen) atoms. The first-order valence-corrected chi connectivity index (χ1v) is 18.1. The highest BCUT2D eigenvalue weighted by Gasteiger charge is 2.64. The number of nitrogens with two attached hydrogens (primary N) is 1. The highest BCUT2D eigenvalue weighted by Crippen LogP contribution is 2.51. The van der Waals surface area contributed by atoms with Gasteiger partial charge >= 0.3 is 18.1 Å². The summed E-state index contributed by atoms with van der Waals surface area (Å²) in [5.74, 6) is -2.14. The largest absolute Gasteiger partial charge is 0.508 e. The molecule has 4 heterocycles. The van der Waals surface area contributed by atoms with E-state index in [1.54, 1.807) is 0 Å². The van der Waals surface area contributed by atoms with E-state index in [2.05, 4.69) is 5.32 Å². The molecule has 4 aliphatic rings. The van der Waals surface area contributed by atoms with E-state index < -0.39 is 70.4 Å². The number of hydrogen-bond acceptors (Lipinski definition) is 15. The number of β-lactam (4-membered cyclic amide) rings is 2. The molecule has 0 radical (unpaired) electrons. The van der Waals surface area contributed by atoms with Crippen LogP contribution in [0, 0.1) is 0 Å². The molecule has 16 nitrogen and oxygen atoms in total. The van der Waals surface area contributed by atoms with Gasteiger partial charge in [-0.2, -0.15) is 0 Å². The summed E-state index contributed by atoms with van der Waals surface area (Å²) in [5, 5.41) is 21.0. The molecule has 19 heteroatoms. The molecule has 2 unspecified atom stereocenters. The van der Waals surface area contributed by atoms with E-state index in [4.69, 9.17) is 24.7 Å². The normalized spacial score (nSPS) is 26.4. The third-order valence-electron chi connectivity index (χ3n) is 7.86. The number of phenolic OH excluding ortho intramolecular Hbond substituents is 1. The maximum atomic E-state index is 13.0. The number of esters is 1. The molecule has 4 saturated heterocycles. The van der Waals surface area contributed by atoms with Crippen LogP contribution < -0.4 is 11.1 Å². The van der Waals surface area contributed by atoms with Crippen molar-refractivity contribution in [2.75, 3.05) is 31.3 Å². The van der Waals surface area contributed by atoms with Gasteiger partial charge in [0.2, 0.25) is 17.7 Å². The minimum Gasteiger partial charge on any atom is -0.508 e. The van der Waals surface area contributed by atoms with Gasteiger partial charge < -0.3 is 45.1 Å². The third kappa shape index (κ3) is 7.42. The van der Waals surface area contributed by atoms with E-state index in [0.29, 0.717) is 17.1 Å². The highest BCUT2D eigenvalue weighted by atomic mass is 33.1. The van der Waals surface area contributed by atoms with Crippen LogP contribution in [0.2, 0.25) is 0 Å². The molecule has 1 aromatic carbocycles. The van der Waals surface area contributed by atoms with E-state index in [0.717, 1.165) is 4.90 Å². The van der Waals surface area contributed by atoms with Gasteiger partial charge in [0, 0.05) is 16.3 Å². The summed E-state index contributed by atoms with van der Waals surface area (Å²) in [6.07, 6.45) is -0.176. The Morgan fingerprint density at radius 1 is 1.10 bits per heavy atom. The molecular weight excluding hydrogens is 693 g/mol. The zero-order valence-corrected chi connectivity index (χ0v) is 28.2. The number of aromatic hydroxyl groups is 1. The van der Waals surface area contributed by atoms with E-state index in [1.165, 1.54) is 68.6 Å². The quantitative estimate of drug-likeness (QED) is 0.0906. The lowest BCUT2D eigenvalue weighted by Crippen LogP contribution is -2.71. The Balaban J connectivity index is 0.953. The number of hydrogen-bond donors (Lipinski definition) is 4. The Morgan fingerprint density at radius 3 is 2.42 bits per heavy atom. The number of thioether (sulfide) groups is 1. The molecule has 0 spiro atoms. The molecule has 0 aromatic heterocycles. The Morgan fingerprint density at radius 2 is 1.77 bits per heavy atom. The fourth-order valence-corrected chi connectivity index (χ4v) is 8.81. The van der Waals surface area contributed by atoms with Crippen molar-refractivity contribution in [2.24, 2.45) is 5.73 Å². The van der Waals surface area contributed by atoms with Crippen LogP contribution in [0.25, 0.3) is 0 Å². The number of carboxylic acid groups (broad SMARTS) is 1. The maximum absolute atomic E-state index is 13.0. The van der Waals surface area contributed by atoms with Gasteiger partial charge in [0.25, 0.3) is 0 Å². The van der Waals surface area contributed by atoms with Crippen LogP contribution in [-0.2, 0) is 42.9 Å². The number of carboxylic acids is 1. The predicted molar refractivity (Wildman–Crippen MR) is 172 cm³/mol. The number of benzene rings is 1. The Hall–Kier alpha value is -3.81. The molecule has 260 valence electrons. The Labute approximate surface area is 286 Å². The minimum absolute atomic E-state index is 0.0337. The average Bonchev–Trinajstić information content (AvgIpc) is 3.48. The van der Waals surface area contributed by atoms with E-state index in [-0.39, 0.29) is 43.7 Å². The molecule has 1 aromatic rings. The summed E-state index contributed by atoms with van der Waals surface area (Å²) in [6.45, 7) is 3.51. The third-order valence-corrected chi connectivity index (χ3v) is 11.8. The number of carbonyl (C=O) groups is 6. The van der Waals surface area contributed by atoms with Crippen LogP contribution in [0.1, 0.15) is 31.9 Å². The number of nitrogens with zero attached hydrogens (tertiary/aromatic N) is 2. The van der Waals surface area contributed by atoms with Gasteiger partial charge in [-0.25, -0.2) is 14.4 Å². The minimum atomic E-state index is -1.24. The first-order valence-electron chi connectivity index (χ1n) is 14.8. The van der Waals surface area contributed by atoms with Crippen molar-refractivity contribution < 1.29 is 57.9 Å². The lowest BCUT2D eigenvalue weighted by molar-refractivity contribution is -0.164. The maximum Gasteiger partial charge on any atom is 0.508 e. The van der Waals surface area contributed by atoms with Gasteiger partial charge in [-0.15, -0.1) is 11.8 Å². The van der Waals surface area contributed by atoms with E-state index in [1.807, 2.05) is 13.8 Å². The highest BCUT2D eigenvalue weighted by molar-refractivity contribution is 8.76. The number of phenols is 1. The summed E-state index contributed by atoms with van der Waals surface area (Å²) >= 11 is 1.40. The van der Waals surface area contributed by atoms with Crippen LogP contribution in [0.5, 0.6) is 5.75 Å². The second kappa shape index (κ2) is 14.8. The Kier molecular flexibility index (Phi) is 10.9. The molecule has 3 amide bonds. The van der Waals surface area contributed by atoms with Gasteiger partial charge in [0.1, 0.15) is 54.8 Å². The molecule has 6 atom stereocenters. The number of amides is 3. The topological polar surface area (TPSA) is 224 Å². The molecule has 4 aliphatic heterocycles. The number of carbonyl (C=O) groups excluding carboxylic acids is 5. The monoisotopic (exact) mass is 726 g/mol. The van der Waals surface area contributed by atoms with Crippen molar-refractivity contribution in [1.29, 1.82) is 0 Å². The van der Waals surface area contributed by atoms with Crippen LogP contribution in [-0.4, -0.2) is 122 Å². The van der Waals surface area contributed by atoms with E-state index in [9.17, 15) is 39.0 Å². The number of ether oxygens (including phenoxy) is 4. The second-order valence-electron chi connectivity index (χ2n) is 11.5. The van der Waals surface area contributed by atoms with Crippen molar-refractivity contribution >= 4 is 69.2 Å². The second-order valence-corrected chi connectivity index (χ2v) is 15.9. The molecule has 4 fully saturated rings. The SMILES string of the molecule is CC1(C)S[C@@H]2[C@H](NC(=O)C(N)c3ccc(O)cc3)C(=O)N2C1C(=O)OCCSSCCOC(=O)OCC=C1O[C@H]2CC(=O)N2[C@@H]1C(=O)O. The van der Waals surface area contributed by atoms with Gasteiger partial charge in [-0.05, 0) is 37.6 Å². The summed E-state index contributed by atoms with van der Waals surface area (Å²) in [6, 6.07) is 1.93. The van der Waals surface area contributed by atoms with Gasteiger partial charge in [0.15, 0.2) is 12.3 Å². The molecule has 0 aliphatic carbocycles. The lowest BCUT2D eigenvalue weighted by atomic mass is 9.95. The molecule has 0 saturated carbocycles. The number of nitrogens with one attached hydrogen (secondary N) is 1. The fraction of sp³-hybridized carbons (Fsp3) is 0.517. The molecule has 0 bridgehead atoms.